The minimum atomic E-state index is -0.880. The van der Waals surface area contributed by atoms with E-state index < -0.39 is 12.3 Å². The summed E-state index contributed by atoms with van der Waals surface area (Å²) in [6, 6.07) is 12.6. The minimum absolute atomic E-state index is 0.295. The van der Waals surface area contributed by atoms with Gasteiger partial charge in [-0.3, -0.25) is 0 Å². The third kappa shape index (κ3) is 5.76. The van der Waals surface area contributed by atoms with Crippen LogP contribution in [-0.2, 0) is 9.47 Å². The third-order valence-corrected chi connectivity index (χ3v) is 2.64. The van der Waals surface area contributed by atoms with Crippen LogP contribution in [0.15, 0.2) is 74.2 Å². The Morgan fingerprint density at radius 1 is 0.640 bits per heavy atom. The molecule has 0 atom stereocenters. The van der Waals surface area contributed by atoms with Crippen molar-refractivity contribution in [2.45, 2.75) is 0 Å². The first-order chi connectivity index (χ1) is 12.1. The molecule has 0 N–H and O–H groups in total. The highest BCUT2D eigenvalue weighted by Crippen LogP contribution is 2.26. The fourth-order valence-electron chi connectivity index (χ4n) is 1.66. The molecule has 25 heavy (non-hydrogen) atoms. The van der Waals surface area contributed by atoms with Crippen molar-refractivity contribution in [3.8, 4) is 23.0 Å². The first-order valence-electron chi connectivity index (χ1n) is 6.97. The monoisotopic (exact) mass is 342 g/mol. The van der Waals surface area contributed by atoms with Crippen molar-refractivity contribution in [1.82, 2.24) is 0 Å². The van der Waals surface area contributed by atoms with E-state index in [4.69, 9.17) is 14.2 Å². The van der Waals surface area contributed by atoms with E-state index in [1.165, 1.54) is 0 Å². The van der Waals surface area contributed by atoms with Crippen molar-refractivity contribution < 1.29 is 33.3 Å². The summed E-state index contributed by atoms with van der Waals surface area (Å²) in [7, 11) is 0. The van der Waals surface area contributed by atoms with E-state index in [1.807, 2.05) is 0 Å². The van der Waals surface area contributed by atoms with Gasteiger partial charge in [-0.15, -0.1) is 0 Å². The Kier molecular flexibility index (Phi) is 6.18. The van der Waals surface area contributed by atoms with E-state index in [0.29, 0.717) is 23.0 Å². The second kappa shape index (κ2) is 8.78. The number of carbonyl (C=O) groups excluding carboxylic acids is 2. The lowest BCUT2D eigenvalue weighted by Crippen LogP contribution is -2.06. The van der Waals surface area contributed by atoms with Gasteiger partial charge in [0.1, 0.15) is 23.0 Å². The van der Waals surface area contributed by atoms with Gasteiger partial charge in [-0.1, -0.05) is 13.2 Å². The van der Waals surface area contributed by atoms with Gasteiger partial charge in [-0.25, -0.2) is 9.59 Å². The Hall–Kier alpha value is -3.74. The van der Waals surface area contributed by atoms with Gasteiger partial charge in [0, 0.05) is 0 Å². The molecule has 2 aromatic rings. The van der Waals surface area contributed by atoms with Crippen molar-refractivity contribution in [2.24, 2.45) is 0 Å². The normalized spacial score (nSPS) is 9.44. The molecule has 0 bridgehead atoms. The topological polar surface area (TPSA) is 80.3 Å². The highest BCUT2D eigenvalue weighted by atomic mass is 16.7. The molecule has 0 aromatic heterocycles. The van der Waals surface area contributed by atoms with E-state index in [2.05, 4.69) is 22.6 Å². The molecule has 0 fully saturated rings. The van der Waals surface area contributed by atoms with Crippen molar-refractivity contribution in [3.05, 3.63) is 74.2 Å². The minimum Gasteiger partial charge on any atom is -0.457 e. The molecule has 0 spiro atoms. The summed E-state index contributed by atoms with van der Waals surface area (Å²) in [4.78, 5) is 22.3. The lowest BCUT2D eigenvalue weighted by molar-refractivity contribution is 0.135. The zero-order chi connectivity index (χ0) is 18.1. The summed E-state index contributed by atoms with van der Waals surface area (Å²) in [5, 5.41) is 0. The molecule has 0 aliphatic rings. The summed E-state index contributed by atoms with van der Waals surface area (Å²) in [5.74, 6) is 1.63. The Bertz CT molecular complexity index is 682. The maximum atomic E-state index is 11.1. The number of hydrogen-bond acceptors (Lipinski definition) is 7. The Balaban J connectivity index is 1.93. The fourth-order valence-corrected chi connectivity index (χ4v) is 1.66. The Morgan fingerprint density at radius 3 is 1.28 bits per heavy atom. The number of ether oxygens (including phenoxy) is 5. The predicted octanol–water partition coefficient (Wildman–Crippen LogP) is 4.80. The van der Waals surface area contributed by atoms with Crippen LogP contribution in [0.25, 0.3) is 0 Å². The lowest BCUT2D eigenvalue weighted by Gasteiger charge is -2.08. The first kappa shape index (κ1) is 17.6. The third-order valence-electron chi connectivity index (χ3n) is 2.64. The quantitative estimate of drug-likeness (QED) is 0.424. The highest BCUT2D eigenvalue weighted by Gasteiger charge is 2.06. The van der Waals surface area contributed by atoms with Crippen LogP contribution in [0.1, 0.15) is 0 Å². The summed E-state index contributed by atoms with van der Waals surface area (Å²) < 4.78 is 24.3. The van der Waals surface area contributed by atoms with Crippen molar-refractivity contribution in [3.63, 3.8) is 0 Å². The first-order valence-corrected chi connectivity index (χ1v) is 6.97. The Morgan fingerprint density at radius 2 is 0.960 bits per heavy atom. The van der Waals surface area contributed by atoms with Crippen LogP contribution in [0.4, 0.5) is 9.59 Å². The van der Waals surface area contributed by atoms with Gasteiger partial charge in [0.2, 0.25) is 0 Å². The molecule has 0 aliphatic carbocycles. The molecule has 0 radical (unpaired) electrons. The predicted molar refractivity (Wildman–Crippen MR) is 87.6 cm³/mol. The second-order valence-electron chi connectivity index (χ2n) is 4.32. The van der Waals surface area contributed by atoms with Crippen molar-refractivity contribution >= 4 is 12.3 Å². The van der Waals surface area contributed by atoms with E-state index in [0.717, 1.165) is 12.5 Å². The van der Waals surface area contributed by atoms with E-state index in [1.54, 1.807) is 48.5 Å². The summed E-state index contributed by atoms with van der Waals surface area (Å²) in [6.07, 6.45) is 0.192. The number of hydrogen-bond donors (Lipinski definition) is 0. The van der Waals surface area contributed by atoms with Gasteiger partial charge in [-0.05, 0) is 48.5 Å². The van der Waals surface area contributed by atoms with E-state index in [9.17, 15) is 9.59 Å². The van der Waals surface area contributed by atoms with Crippen LogP contribution >= 0.6 is 0 Å². The molecule has 7 heteroatoms. The molecular formula is C18H14O7. The molecule has 0 heterocycles. The van der Waals surface area contributed by atoms with E-state index >= 15 is 0 Å². The van der Waals surface area contributed by atoms with Crippen LogP contribution in [0.3, 0.4) is 0 Å². The lowest BCUT2D eigenvalue weighted by atomic mass is 10.3. The fraction of sp³-hybridized carbons (Fsp3) is 0. The van der Waals surface area contributed by atoms with Crippen LogP contribution in [0, 0.1) is 0 Å². The van der Waals surface area contributed by atoms with Crippen molar-refractivity contribution in [1.29, 1.82) is 0 Å². The van der Waals surface area contributed by atoms with Gasteiger partial charge in [0.15, 0.2) is 0 Å². The maximum absolute atomic E-state index is 11.1. The van der Waals surface area contributed by atoms with Crippen LogP contribution in [-0.4, -0.2) is 12.3 Å². The standard InChI is InChI=1S/C18H14O7/c1-3-21-17(19)24-15-9-5-13(6-10-15)23-14-7-11-16(12-8-14)25-18(20)22-4-2/h3-12H,1-2H2. The van der Waals surface area contributed by atoms with E-state index in [-0.39, 0.29) is 0 Å². The van der Waals surface area contributed by atoms with Gasteiger partial charge in [0.05, 0.1) is 12.5 Å². The summed E-state index contributed by atoms with van der Waals surface area (Å²) in [5.41, 5.74) is 0. The van der Waals surface area contributed by atoms with Gasteiger partial charge in [0.25, 0.3) is 0 Å². The molecule has 0 saturated heterocycles. The number of rotatable bonds is 6. The largest absolute Gasteiger partial charge is 0.518 e. The second-order valence-corrected chi connectivity index (χ2v) is 4.32. The molecule has 128 valence electrons. The maximum Gasteiger partial charge on any atom is 0.518 e. The Labute approximate surface area is 143 Å². The smallest absolute Gasteiger partial charge is 0.457 e. The summed E-state index contributed by atoms with van der Waals surface area (Å²) >= 11 is 0. The van der Waals surface area contributed by atoms with Crippen LogP contribution < -0.4 is 14.2 Å². The highest BCUT2D eigenvalue weighted by molar-refractivity contribution is 5.65. The molecule has 0 unspecified atom stereocenters. The SMILES string of the molecule is C=COC(=O)Oc1ccc(Oc2ccc(OC(=O)OC=C)cc2)cc1. The number of carbonyl (C=O) groups is 2. The van der Waals surface area contributed by atoms with Crippen LogP contribution in [0.5, 0.6) is 23.0 Å². The average Bonchev–Trinajstić information content (AvgIpc) is 2.59. The average molecular weight is 342 g/mol. The molecule has 2 rings (SSSR count). The van der Waals surface area contributed by atoms with Crippen LogP contribution in [0.2, 0.25) is 0 Å². The molecule has 2 aromatic carbocycles. The molecule has 0 saturated carbocycles. The zero-order valence-electron chi connectivity index (χ0n) is 13.0. The number of benzene rings is 2. The zero-order valence-corrected chi connectivity index (χ0v) is 13.0. The van der Waals surface area contributed by atoms with Gasteiger partial charge in [-0.2, -0.15) is 0 Å². The molecule has 0 aliphatic heterocycles. The molecule has 0 amide bonds. The van der Waals surface area contributed by atoms with Gasteiger partial charge < -0.3 is 23.7 Å². The molecule has 7 nitrogen and oxygen atoms in total. The van der Waals surface area contributed by atoms with Crippen molar-refractivity contribution in [2.75, 3.05) is 0 Å². The molecular weight excluding hydrogens is 328 g/mol. The summed E-state index contributed by atoms with van der Waals surface area (Å²) in [6.45, 7) is 6.50. The van der Waals surface area contributed by atoms with Gasteiger partial charge >= 0.3 is 12.3 Å².